The van der Waals surface area contributed by atoms with Gasteiger partial charge in [0.2, 0.25) is 0 Å². The zero-order valence-corrected chi connectivity index (χ0v) is 25.6. The van der Waals surface area contributed by atoms with Crippen LogP contribution in [0.1, 0.15) is 145 Å². The van der Waals surface area contributed by atoms with Crippen molar-refractivity contribution in [1.29, 1.82) is 0 Å². The van der Waals surface area contributed by atoms with Crippen molar-refractivity contribution in [3.8, 4) is 0 Å². The van der Waals surface area contributed by atoms with Gasteiger partial charge in [0.1, 0.15) is 6.10 Å². The molecule has 5 unspecified atom stereocenters. The normalized spacial score (nSPS) is 38.8. The fourth-order valence-corrected chi connectivity index (χ4v) is 9.95. The summed E-state index contributed by atoms with van der Waals surface area (Å²) in [4.78, 5) is 12.9. The molecule has 0 aromatic heterocycles. The molecule has 4 aliphatic rings. The van der Waals surface area contributed by atoms with Crippen molar-refractivity contribution in [2.45, 2.75) is 151 Å². The van der Waals surface area contributed by atoms with Crippen LogP contribution in [0.4, 0.5) is 0 Å². The first kappa shape index (κ1) is 29.2. The maximum Gasteiger partial charge on any atom is 0.309 e. The monoisotopic (exact) mass is 512 g/mol. The predicted octanol–water partition coefficient (Wildman–Crippen LogP) is 10.2. The van der Waals surface area contributed by atoms with E-state index in [1.807, 2.05) is 0 Å². The van der Waals surface area contributed by atoms with Gasteiger partial charge >= 0.3 is 5.97 Å². The largest absolute Gasteiger partial charge is 0.462 e. The minimum Gasteiger partial charge on any atom is -0.462 e. The van der Waals surface area contributed by atoms with Gasteiger partial charge in [0.15, 0.2) is 0 Å². The molecule has 0 N–H and O–H groups in total. The number of esters is 1. The lowest BCUT2D eigenvalue weighted by Gasteiger charge is -2.58. The van der Waals surface area contributed by atoms with E-state index in [1.54, 1.807) is 5.57 Å². The van der Waals surface area contributed by atoms with Gasteiger partial charge in [-0.2, -0.15) is 0 Å². The number of carbonyl (C=O) groups is 1. The Labute approximate surface area is 230 Å². The number of hydrogen-bond donors (Lipinski definition) is 0. The second-order valence-corrected chi connectivity index (χ2v) is 14.8. The molecule has 0 aromatic carbocycles. The predicted molar refractivity (Wildman–Crippen MR) is 156 cm³/mol. The summed E-state index contributed by atoms with van der Waals surface area (Å²) < 4.78 is 6.16. The summed E-state index contributed by atoms with van der Waals surface area (Å²) in [6.07, 6.45) is 21.5. The third-order valence-corrected chi connectivity index (χ3v) is 12.3. The molecular weight excluding hydrogens is 452 g/mol. The topological polar surface area (TPSA) is 26.3 Å². The molecule has 0 heterocycles. The van der Waals surface area contributed by atoms with Crippen molar-refractivity contribution >= 4 is 5.97 Å². The summed E-state index contributed by atoms with van der Waals surface area (Å²) in [6, 6.07) is 0. The Bertz CT molecular complexity index is 797. The van der Waals surface area contributed by atoms with Gasteiger partial charge in [-0.15, -0.1) is 0 Å². The van der Waals surface area contributed by atoms with Crippen LogP contribution in [0.3, 0.4) is 0 Å². The molecule has 0 aromatic rings. The van der Waals surface area contributed by atoms with E-state index in [-0.39, 0.29) is 18.0 Å². The van der Waals surface area contributed by atoms with Crippen LogP contribution in [0.15, 0.2) is 11.6 Å². The smallest absolute Gasteiger partial charge is 0.309 e. The lowest BCUT2D eigenvalue weighted by Crippen LogP contribution is -2.51. The Kier molecular flexibility index (Phi) is 9.60. The van der Waals surface area contributed by atoms with Crippen molar-refractivity contribution in [3.05, 3.63) is 11.6 Å². The van der Waals surface area contributed by atoms with E-state index in [9.17, 15) is 4.79 Å². The van der Waals surface area contributed by atoms with Crippen molar-refractivity contribution in [3.63, 3.8) is 0 Å². The van der Waals surface area contributed by atoms with Gasteiger partial charge in [0.25, 0.3) is 0 Å². The van der Waals surface area contributed by atoms with Gasteiger partial charge in [-0.1, -0.05) is 92.2 Å². The summed E-state index contributed by atoms with van der Waals surface area (Å²) in [5.41, 5.74) is 2.53. The van der Waals surface area contributed by atoms with Gasteiger partial charge in [-0.3, -0.25) is 4.79 Å². The average Bonchev–Trinajstić information content (AvgIpc) is 3.21. The fraction of sp³-hybridized carbons (Fsp3) is 0.914. The quantitative estimate of drug-likeness (QED) is 0.203. The molecule has 212 valence electrons. The molecule has 0 radical (unpaired) electrons. The Morgan fingerprint density at radius 2 is 1.76 bits per heavy atom. The van der Waals surface area contributed by atoms with Crippen LogP contribution in [0.25, 0.3) is 0 Å². The molecule has 2 nitrogen and oxygen atoms in total. The van der Waals surface area contributed by atoms with E-state index in [0.717, 1.165) is 74.0 Å². The molecule has 0 spiro atoms. The number of carbonyl (C=O) groups excluding carboxylic acids is 1. The number of rotatable bonds is 11. The van der Waals surface area contributed by atoms with Crippen LogP contribution < -0.4 is 0 Å². The van der Waals surface area contributed by atoms with Crippen LogP contribution in [-0.2, 0) is 9.53 Å². The van der Waals surface area contributed by atoms with Crippen LogP contribution in [0.5, 0.6) is 0 Å². The lowest BCUT2D eigenvalue weighted by atomic mass is 9.47. The second-order valence-electron chi connectivity index (χ2n) is 14.8. The molecule has 3 saturated carbocycles. The lowest BCUT2D eigenvalue weighted by molar-refractivity contribution is -0.157. The van der Waals surface area contributed by atoms with Crippen LogP contribution in [0.2, 0.25) is 0 Å². The standard InChI is InChI=1S/C35H60O2/c1-8-10-14-26(9-2)33(36)37-28-19-21-34(6)27(23-28)15-16-29-31-18-17-30(25(5)13-11-12-24(3)4)35(31,7)22-20-32(29)34/h15,24-26,28-32H,8-14,16-23H2,1-7H3/t25-,26?,28?,29?,30-,31?,32?,34+,35-/m1/s1. The summed E-state index contributed by atoms with van der Waals surface area (Å²) >= 11 is 0. The van der Waals surface area contributed by atoms with Crippen molar-refractivity contribution in [1.82, 2.24) is 0 Å². The van der Waals surface area contributed by atoms with Crippen LogP contribution in [-0.4, -0.2) is 12.1 Å². The van der Waals surface area contributed by atoms with Gasteiger partial charge in [0, 0.05) is 6.42 Å². The third-order valence-electron chi connectivity index (χ3n) is 12.3. The number of fused-ring (bicyclic) bond motifs is 5. The minimum absolute atomic E-state index is 0.0757. The molecule has 0 aliphatic heterocycles. The number of allylic oxidation sites excluding steroid dienone is 1. The number of ether oxygens (including phenoxy) is 1. The Balaban J connectivity index is 1.40. The van der Waals surface area contributed by atoms with E-state index in [1.165, 1.54) is 57.8 Å². The van der Waals surface area contributed by atoms with Gasteiger partial charge in [-0.25, -0.2) is 0 Å². The highest BCUT2D eigenvalue weighted by Gasteiger charge is 2.59. The zero-order valence-electron chi connectivity index (χ0n) is 25.6. The first-order valence-corrected chi connectivity index (χ1v) is 16.5. The zero-order chi connectivity index (χ0) is 26.8. The van der Waals surface area contributed by atoms with Gasteiger partial charge in [0.05, 0.1) is 5.92 Å². The Hall–Kier alpha value is -0.790. The number of unbranched alkanes of at least 4 members (excludes halogenated alkanes) is 1. The molecule has 0 saturated heterocycles. The highest BCUT2D eigenvalue weighted by atomic mass is 16.5. The van der Waals surface area contributed by atoms with Crippen molar-refractivity contribution in [2.75, 3.05) is 0 Å². The first-order chi connectivity index (χ1) is 17.6. The molecule has 4 rings (SSSR count). The molecule has 0 bridgehead atoms. The second kappa shape index (κ2) is 12.2. The molecule has 0 amide bonds. The Morgan fingerprint density at radius 1 is 0.973 bits per heavy atom. The van der Waals surface area contributed by atoms with E-state index < -0.39 is 0 Å². The van der Waals surface area contributed by atoms with E-state index in [4.69, 9.17) is 4.74 Å². The fourth-order valence-electron chi connectivity index (χ4n) is 9.95. The van der Waals surface area contributed by atoms with Crippen molar-refractivity contribution in [2.24, 2.45) is 52.3 Å². The Morgan fingerprint density at radius 3 is 2.46 bits per heavy atom. The molecule has 3 fully saturated rings. The van der Waals surface area contributed by atoms with Gasteiger partial charge < -0.3 is 4.74 Å². The van der Waals surface area contributed by atoms with E-state index in [2.05, 4.69) is 54.5 Å². The molecule has 37 heavy (non-hydrogen) atoms. The first-order valence-electron chi connectivity index (χ1n) is 16.5. The molecule has 2 heteroatoms. The summed E-state index contributed by atoms with van der Waals surface area (Å²) in [7, 11) is 0. The summed E-state index contributed by atoms with van der Waals surface area (Å²) in [5, 5.41) is 0. The maximum absolute atomic E-state index is 12.9. The summed E-state index contributed by atoms with van der Waals surface area (Å²) in [6.45, 7) is 17.0. The van der Waals surface area contributed by atoms with Crippen LogP contribution >= 0.6 is 0 Å². The highest BCUT2D eigenvalue weighted by Crippen LogP contribution is 2.67. The highest BCUT2D eigenvalue weighted by molar-refractivity contribution is 5.72. The van der Waals surface area contributed by atoms with E-state index >= 15 is 0 Å². The SMILES string of the molecule is CCCCC(CC)C(=O)OC1CC[C@@]2(C)C(=CCC3C2CC[C@@]2(C)C3CC[C@@H]2[C@H](C)CCCC(C)C)C1. The summed E-state index contributed by atoms with van der Waals surface area (Å²) in [5.74, 6) is 5.44. The number of hydrogen-bond acceptors (Lipinski definition) is 2. The van der Waals surface area contributed by atoms with Crippen molar-refractivity contribution < 1.29 is 9.53 Å². The van der Waals surface area contributed by atoms with Gasteiger partial charge in [-0.05, 0) is 104 Å². The molecular formula is C35H60O2. The average molecular weight is 513 g/mol. The van der Waals surface area contributed by atoms with Crippen LogP contribution in [0, 0.1) is 52.3 Å². The maximum atomic E-state index is 12.9. The third kappa shape index (κ3) is 5.89. The minimum atomic E-state index is 0.0757. The van der Waals surface area contributed by atoms with E-state index in [0.29, 0.717) is 10.8 Å². The molecule has 4 aliphatic carbocycles. The molecule has 9 atom stereocenters.